The van der Waals surface area contributed by atoms with Crippen molar-refractivity contribution in [2.75, 3.05) is 13.1 Å². The molecule has 2 fully saturated rings. The predicted octanol–water partition coefficient (Wildman–Crippen LogP) is 6.12. The lowest BCUT2D eigenvalue weighted by Gasteiger charge is -2.37. The number of benzene rings is 2. The first-order valence-corrected chi connectivity index (χ1v) is 12.1. The molecule has 2 aliphatic rings. The van der Waals surface area contributed by atoms with E-state index in [0.717, 1.165) is 35.3 Å². The lowest BCUT2D eigenvalue weighted by atomic mass is 9.72. The van der Waals surface area contributed by atoms with Gasteiger partial charge in [0.2, 0.25) is 0 Å². The van der Waals surface area contributed by atoms with Gasteiger partial charge in [-0.25, -0.2) is 4.79 Å². The minimum atomic E-state index is -1.25. The second-order valence-corrected chi connectivity index (χ2v) is 10.6. The molecule has 6 nitrogen and oxygen atoms in total. The van der Waals surface area contributed by atoms with Gasteiger partial charge in [-0.2, -0.15) is 0 Å². The standard InChI is InChI=1S/C27H35NO5/c1-27(2,3)21-7-10-22(11-8-21)32-24-9-6-18-16-20(5-4-19(18)17-24)25(29)28-14-12-23(13-15-28)33-26(30)31/h4-6,9,16-17,21-23H,7-8,10-15H2,1-3H3,(H,30,31). The summed E-state index contributed by atoms with van der Waals surface area (Å²) in [6.45, 7) is 7.99. The van der Waals surface area contributed by atoms with Crippen molar-refractivity contribution < 1.29 is 24.2 Å². The van der Waals surface area contributed by atoms with E-state index in [4.69, 9.17) is 14.6 Å². The molecule has 0 radical (unpaired) electrons. The average Bonchev–Trinajstić information content (AvgIpc) is 2.78. The number of rotatable bonds is 4. The maximum Gasteiger partial charge on any atom is 0.506 e. The highest BCUT2D eigenvalue weighted by atomic mass is 16.7. The third-order valence-electron chi connectivity index (χ3n) is 7.26. The Morgan fingerprint density at radius 1 is 0.879 bits per heavy atom. The smallest absolute Gasteiger partial charge is 0.490 e. The highest BCUT2D eigenvalue weighted by molar-refractivity contribution is 5.98. The summed E-state index contributed by atoms with van der Waals surface area (Å²) < 4.78 is 11.1. The number of fused-ring (bicyclic) bond motifs is 1. The Labute approximate surface area is 195 Å². The van der Waals surface area contributed by atoms with E-state index in [2.05, 4.69) is 26.8 Å². The molecule has 1 aliphatic heterocycles. The van der Waals surface area contributed by atoms with Crippen molar-refractivity contribution in [1.29, 1.82) is 0 Å². The molecule has 1 saturated heterocycles. The molecule has 0 unspecified atom stereocenters. The molecule has 4 rings (SSSR count). The summed E-state index contributed by atoms with van der Waals surface area (Å²) in [5.41, 5.74) is 1.01. The van der Waals surface area contributed by atoms with Crippen LogP contribution in [0.4, 0.5) is 4.79 Å². The van der Waals surface area contributed by atoms with Gasteiger partial charge in [0.05, 0.1) is 6.10 Å². The topological polar surface area (TPSA) is 76.1 Å². The van der Waals surface area contributed by atoms with Crippen molar-refractivity contribution >= 4 is 22.8 Å². The lowest BCUT2D eigenvalue weighted by molar-refractivity contribution is 0.0199. The van der Waals surface area contributed by atoms with Crippen molar-refractivity contribution in [3.8, 4) is 5.75 Å². The van der Waals surface area contributed by atoms with Crippen molar-refractivity contribution in [1.82, 2.24) is 4.90 Å². The maximum atomic E-state index is 12.9. The van der Waals surface area contributed by atoms with E-state index in [9.17, 15) is 9.59 Å². The van der Waals surface area contributed by atoms with Gasteiger partial charge >= 0.3 is 6.16 Å². The molecule has 2 aromatic carbocycles. The Kier molecular flexibility index (Phi) is 6.82. The molecule has 0 spiro atoms. The quantitative estimate of drug-likeness (QED) is 0.564. The van der Waals surface area contributed by atoms with Crippen LogP contribution >= 0.6 is 0 Å². The number of nitrogens with zero attached hydrogens (tertiary/aromatic N) is 1. The van der Waals surface area contributed by atoms with E-state index >= 15 is 0 Å². The Balaban J connectivity index is 1.36. The van der Waals surface area contributed by atoms with Crippen molar-refractivity contribution in [2.24, 2.45) is 11.3 Å². The van der Waals surface area contributed by atoms with Crippen LogP contribution in [0.5, 0.6) is 5.75 Å². The molecule has 178 valence electrons. The van der Waals surface area contributed by atoms with Crippen LogP contribution in [0, 0.1) is 11.3 Å². The second-order valence-electron chi connectivity index (χ2n) is 10.6. The number of piperidine rings is 1. The zero-order valence-electron chi connectivity index (χ0n) is 19.9. The van der Waals surface area contributed by atoms with Crippen LogP contribution in [0.2, 0.25) is 0 Å². The van der Waals surface area contributed by atoms with Crippen molar-refractivity contribution in [2.45, 2.75) is 71.5 Å². The minimum Gasteiger partial charge on any atom is -0.490 e. The molecule has 0 aromatic heterocycles. The molecule has 1 aliphatic carbocycles. The molecular formula is C27H35NO5. The Bertz CT molecular complexity index is 995. The van der Waals surface area contributed by atoms with Crippen LogP contribution in [-0.4, -0.2) is 47.4 Å². The summed E-state index contributed by atoms with van der Waals surface area (Å²) in [5, 5.41) is 10.8. The van der Waals surface area contributed by atoms with Crippen LogP contribution in [-0.2, 0) is 4.74 Å². The number of hydrogen-bond acceptors (Lipinski definition) is 4. The monoisotopic (exact) mass is 453 g/mol. The number of ether oxygens (including phenoxy) is 2. The fourth-order valence-electron chi connectivity index (χ4n) is 5.17. The highest BCUT2D eigenvalue weighted by Gasteiger charge is 2.30. The minimum absolute atomic E-state index is 0.0263. The van der Waals surface area contributed by atoms with E-state index in [1.165, 1.54) is 12.8 Å². The Morgan fingerprint density at radius 3 is 2.15 bits per heavy atom. The first kappa shape index (κ1) is 23.4. The summed E-state index contributed by atoms with van der Waals surface area (Å²) in [4.78, 5) is 25.4. The molecule has 2 aromatic rings. The lowest BCUT2D eigenvalue weighted by Crippen LogP contribution is -2.41. The number of likely N-dealkylation sites (tertiary alicyclic amines) is 1. The molecule has 1 heterocycles. The summed E-state index contributed by atoms with van der Waals surface area (Å²) in [5.74, 6) is 1.63. The molecular weight excluding hydrogens is 418 g/mol. The van der Waals surface area contributed by atoms with Crippen LogP contribution in [0.3, 0.4) is 0 Å². The van der Waals surface area contributed by atoms with E-state index in [1.54, 1.807) is 4.90 Å². The molecule has 33 heavy (non-hydrogen) atoms. The molecule has 6 heteroatoms. The van der Waals surface area contributed by atoms with Crippen molar-refractivity contribution in [3.63, 3.8) is 0 Å². The second kappa shape index (κ2) is 9.62. The highest BCUT2D eigenvalue weighted by Crippen LogP contribution is 2.39. The van der Waals surface area contributed by atoms with Crippen molar-refractivity contribution in [3.05, 3.63) is 42.0 Å². The number of carbonyl (C=O) groups excluding carboxylic acids is 1. The summed E-state index contributed by atoms with van der Waals surface area (Å²) in [6, 6.07) is 11.9. The van der Waals surface area contributed by atoms with Crippen LogP contribution in [0.25, 0.3) is 10.8 Å². The zero-order valence-corrected chi connectivity index (χ0v) is 19.9. The van der Waals surface area contributed by atoms with Gasteiger partial charge < -0.3 is 19.5 Å². The van der Waals surface area contributed by atoms with Gasteiger partial charge in [-0.05, 0) is 72.1 Å². The summed E-state index contributed by atoms with van der Waals surface area (Å²) >= 11 is 0. The van der Waals surface area contributed by atoms with Gasteiger partial charge in [-0.1, -0.05) is 32.9 Å². The number of hydrogen-bond donors (Lipinski definition) is 1. The fraction of sp³-hybridized carbons (Fsp3) is 0.556. The van der Waals surface area contributed by atoms with Gasteiger partial charge in [-0.15, -0.1) is 0 Å². The van der Waals surface area contributed by atoms with E-state index < -0.39 is 6.16 Å². The summed E-state index contributed by atoms with van der Waals surface area (Å²) in [7, 11) is 0. The number of amides is 1. The molecule has 0 atom stereocenters. The number of carbonyl (C=O) groups is 2. The molecule has 1 saturated carbocycles. The molecule has 0 bridgehead atoms. The van der Waals surface area contributed by atoms with Gasteiger partial charge in [0.1, 0.15) is 11.9 Å². The Hall–Kier alpha value is -2.76. The van der Waals surface area contributed by atoms with Crippen LogP contribution in [0.1, 0.15) is 69.7 Å². The zero-order chi connectivity index (χ0) is 23.6. The molecule has 1 N–H and O–H groups in total. The molecule has 1 amide bonds. The SMILES string of the molecule is CC(C)(C)C1CCC(Oc2ccc3cc(C(=O)N4CCC(OC(=O)O)CC4)ccc3c2)CC1. The van der Waals surface area contributed by atoms with E-state index in [-0.39, 0.29) is 18.1 Å². The number of carboxylic acid groups (broad SMARTS) is 1. The van der Waals surface area contributed by atoms with E-state index in [0.29, 0.717) is 36.9 Å². The first-order chi connectivity index (χ1) is 15.7. The normalized spacial score (nSPS) is 22.2. The van der Waals surface area contributed by atoms with Gasteiger partial charge in [0.25, 0.3) is 5.91 Å². The van der Waals surface area contributed by atoms with Crippen LogP contribution in [0.15, 0.2) is 36.4 Å². The Morgan fingerprint density at radius 2 is 1.52 bits per heavy atom. The van der Waals surface area contributed by atoms with Crippen LogP contribution < -0.4 is 4.74 Å². The van der Waals surface area contributed by atoms with E-state index in [1.807, 2.05) is 30.3 Å². The first-order valence-electron chi connectivity index (χ1n) is 12.1. The summed E-state index contributed by atoms with van der Waals surface area (Å²) in [6.07, 6.45) is 4.38. The fourth-order valence-corrected chi connectivity index (χ4v) is 5.17. The van der Waals surface area contributed by atoms with Gasteiger partial charge in [0.15, 0.2) is 0 Å². The van der Waals surface area contributed by atoms with Gasteiger partial charge in [-0.3, -0.25) is 4.79 Å². The van der Waals surface area contributed by atoms with Gasteiger partial charge in [0, 0.05) is 31.5 Å². The average molecular weight is 454 g/mol. The predicted molar refractivity (Wildman–Crippen MR) is 128 cm³/mol. The largest absolute Gasteiger partial charge is 0.506 e. The maximum absolute atomic E-state index is 12.9. The third kappa shape index (κ3) is 5.79. The third-order valence-corrected chi connectivity index (χ3v) is 7.26.